The fraction of sp³-hybridized carbons (Fsp3) is 0.206. The lowest BCUT2D eigenvalue weighted by Gasteiger charge is -2.16. The van der Waals surface area contributed by atoms with Gasteiger partial charge in [0.05, 0.1) is 12.2 Å². The minimum atomic E-state index is -0.697. The zero-order valence-corrected chi connectivity index (χ0v) is 22.2. The molecule has 0 aliphatic rings. The van der Waals surface area contributed by atoms with Crippen molar-refractivity contribution in [3.63, 3.8) is 0 Å². The van der Waals surface area contributed by atoms with Crippen LogP contribution in [0.4, 0.5) is 0 Å². The van der Waals surface area contributed by atoms with Crippen LogP contribution in [-0.2, 0) is 11.2 Å². The first-order valence-electron chi connectivity index (χ1n) is 13.3. The Morgan fingerprint density at radius 2 is 1.31 bits per heavy atom. The Hall–Kier alpha value is -4.35. The molecule has 0 aliphatic heterocycles. The van der Waals surface area contributed by atoms with Crippen molar-refractivity contribution in [1.29, 1.82) is 0 Å². The zero-order chi connectivity index (χ0) is 27.8. The average Bonchev–Trinajstić information content (AvgIpc) is 2.95. The quantitative estimate of drug-likeness (QED) is 0.0814. The molecule has 4 aromatic carbocycles. The third kappa shape index (κ3) is 6.95. The van der Waals surface area contributed by atoms with Gasteiger partial charge in [-0.2, -0.15) is 0 Å². The van der Waals surface area contributed by atoms with Crippen LogP contribution in [-0.4, -0.2) is 27.9 Å². The van der Waals surface area contributed by atoms with E-state index in [1.54, 1.807) is 36.4 Å². The van der Waals surface area contributed by atoms with E-state index in [2.05, 4.69) is 31.7 Å². The highest BCUT2D eigenvalue weighted by Crippen LogP contribution is 2.38. The molecule has 0 amide bonds. The largest absolute Gasteiger partial charge is 0.508 e. The minimum absolute atomic E-state index is 0.0353. The molecule has 4 rings (SSSR count). The van der Waals surface area contributed by atoms with E-state index in [-0.39, 0.29) is 17.1 Å². The van der Waals surface area contributed by atoms with Crippen LogP contribution in [0.25, 0.3) is 33.4 Å². The molecule has 39 heavy (non-hydrogen) atoms. The van der Waals surface area contributed by atoms with E-state index in [9.17, 15) is 20.1 Å². The molecule has 0 unspecified atom stereocenters. The summed E-state index contributed by atoms with van der Waals surface area (Å²) in [6, 6.07) is 26.0. The average molecular weight is 523 g/mol. The molecule has 0 radical (unpaired) electrons. The molecule has 0 aliphatic carbocycles. The van der Waals surface area contributed by atoms with Crippen molar-refractivity contribution in [3.8, 4) is 50.6 Å². The molecular formula is C34H34O5. The highest BCUT2D eigenvalue weighted by Gasteiger charge is 2.17. The smallest absolute Gasteiger partial charge is 0.341 e. The van der Waals surface area contributed by atoms with Gasteiger partial charge in [0.2, 0.25) is 0 Å². The van der Waals surface area contributed by atoms with Gasteiger partial charge in [-0.25, -0.2) is 4.79 Å². The second-order valence-corrected chi connectivity index (χ2v) is 9.64. The topological polar surface area (TPSA) is 87.0 Å². The number of phenolic OH excluding ortho intramolecular Hbond substituents is 2. The van der Waals surface area contributed by atoms with Crippen LogP contribution in [0.1, 0.15) is 38.2 Å². The molecule has 0 saturated carbocycles. The molecule has 0 heterocycles. The summed E-state index contributed by atoms with van der Waals surface area (Å²) in [6.45, 7) is 5.30. The van der Waals surface area contributed by atoms with Crippen molar-refractivity contribution in [2.45, 2.75) is 39.0 Å². The predicted molar refractivity (Wildman–Crippen MR) is 156 cm³/mol. The number of hydrogen-bond acceptors (Lipinski definition) is 5. The number of aliphatic hydroxyl groups excluding tert-OH is 1. The lowest BCUT2D eigenvalue weighted by atomic mass is 9.91. The highest BCUT2D eigenvalue weighted by molar-refractivity contribution is 5.91. The lowest BCUT2D eigenvalue weighted by Crippen LogP contribution is -2.13. The van der Waals surface area contributed by atoms with Gasteiger partial charge in [-0.1, -0.05) is 87.4 Å². The Bertz CT molecular complexity index is 1440. The maximum Gasteiger partial charge on any atom is 0.341 e. The number of benzene rings is 4. The lowest BCUT2D eigenvalue weighted by molar-refractivity contribution is -0.130. The summed E-state index contributed by atoms with van der Waals surface area (Å²) in [6.07, 6.45) is 5.45. The second-order valence-electron chi connectivity index (χ2n) is 9.64. The summed E-state index contributed by atoms with van der Waals surface area (Å²) >= 11 is 0. The third-order valence-electron chi connectivity index (χ3n) is 6.76. The number of phenols is 2. The van der Waals surface area contributed by atoms with Gasteiger partial charge in [-0.3, -0.25) is 0 Å². The monoisotopic (exact) mass is 522 g/mol. The van der Waals surface area contributed by atoms with Crippen molar-refractivity contribution in [1.82, 2.24) is 0 Å². The van der Waals surface area contributed by atoms with Crippen LogP contribution >= 0.6 is 0 Å². The molecule has 0 saturated heterocycles. The van der Waals surface area contributed by atoms with E-state index in [1.165, 1.54) is 12.0 Å². The van der Waals surface area contributed by atoms with E-state index in [0.29, 0.717) is 11.3 Å². The third-order valence-corrected chi connectivity index (χ3v) is 6.76. The Morgan fingerprint density at radius 3 is 1.95 bits per heavy atom. The van der Waals surface area contributed by atoms with Gasteiger partial charge >= 0.3 is 5.97 Å². The first-order valence-corrected chi connectivity index (χ1v) is 13.3. The molecule has 0 spiro atoms. The molecule has 4 aromatic rings. The fourth-order valence-corrected chi connectivity index (χ4v) is 4.55. The number of rotatable bonds is 11. The van der Waals surface area contributed by atoms with E-state index in [4.69, 9.17) is 4.74 Å². The van der Waals surface area contributed by atoms with Gasteiger partial charge in [0.15, 0.2) is 0 Å². The first-order chi connectivity index (χ1) is 18.9. The molecule has 0 fully saturated rings. The minimum Gasteiger partial charge on any atom is -0.508 e. The number of aliphatic hydroxyl groups is 1. The second kappa shape index (κ2) is 12.9. The van der Waals surface area contributed by atoms with Crippen molar-refractivity contribution in [2.24, 2.45) is 0 Å². The summed E-state index contributed by atoms with van der Waals surface area (Å²) < 4.78 is 5.72. The number of esters is 1. The van der Waals surface area contributed by atoms with Gasteiger partial charge in [0.25, 0.3) is 0 Å². The highest BCUT2D eigenvalue weighted by atomic mass is 16.5. The number of carbonyl (C=O) groups excluding carboxylic acids is 1. The molecule has 3 N–H and O–H groups in total. The van der Waals surface area contributed by atoms with Gasteiger partial charge in [0.1, 0.15) is 17.2 Å². The molecule has 0 bridgehead atoms. The summed E-state index contributed by atoms with van der Waals surface area (Å²) in [7, 11) is 0. The summed E-state index contributed by atoms with van der Waals surface area (Å²) in [5, 5.41) is 28.8. The fourth-order valence-electron chi connectivity index (χ4n) is 4.55. The molecule has 0 atom stereocenters. The van der Waals surface area contributed by atoms with Gasteiger partial charge in [-0.05, 0) is 76.6 Å². The van der Waals surface area contributed by atoms with E-state index >= 15 is 0 Å². The van der Waals surface area contributed by atoms with Crippen molar-refractivity contribution >= 4 is 5.97 Å². The molecule has 5 heteroatoms. The number of hydrogen-bond donors (Lipinski definition) is 3. The standard InChI is InChI=1S/C34H34O5/c1-3-4-5-6-7-27-20-26(24-8-14-29(36)15-9-24)12-18-31(27)28-13-19-32(25-10-16-30(37)17-11-25)33(21-28)39-34(38)23(2)22-35/h8-21,35-37H,2-7,22H2,1H3. The Labute approximate surface area is 229 Å². The van der Waals surface area contributed by atoms with Crippen LogP contribution in [0.3, 0.4) is 0 Å². The van der Waals surface area contributed by atoms with Gasteiger partial charge in [-0.15, -0.1) is 0 Å². The number of aromatic hydroxyl groups is 2. The zero-order valence-electron chi connectivity index (χ0n) is 22.2. The maximum atomic E-state index is 12.6. The Kier molecular flexibility index (Phi) is 9.18. The van der Waals surface area contributed by atoms with Gasteiger partial charge in [0, 0.05) is 5.56 Å². The molecular weight excluding hydrogens is 488 g/mol. The van der Waals surface area contributed by atoms with Crippen LogP contribution in [0, 0.1) is 0 Å². The Balaban J connectivity index is 1.78. The van der Waals surface area contributed by atoms with Crippen molar-refractivity contribution < 1.29 is 24.9 Å². The molecule has 0 aromatic heterocycles. The first kappa shape index (κ1) is 27.7. The van der Waals surface area contributed by atoms with Crippen molar-refractivity contribution in [2.75, 3.05) is 6.61 Å². The van der Waals surface area contributed by atoms with E-state index in [0.717, 1.165) is 53.5 Å². The van der Waals surface area contributed by atoms with Gasteiger partial charge < -0.3 is 20.1 Å². The number of unbranched alkanes of at least 4 members (excludes halogenated alkanes) is 3. The van der Waals surface area contributed by atoms with E-state index < -0.39 is 12.6 Å². The number of carbonyl (C=O) groups is 1. The van der Waals surface area contributed by atoms with Crippen LogP contribution < -0.4 is 4.74 Å². The normalized spacial score (nSPS) is 10.8. The van der Waals surface area contributed by atoms with Crippen LogP contribution in [0.2, 0.25) is 0 Å². The molecule has 200 valence electrons. The predicted octanol–water partition coefficient (Wildman–Crippen LogP) is 7.68. The molecule has 5 nitrogen and oxygen atoms in total. The summed E-state index contributed by atoms with van der Waals surface area (Å²) in [5.41, 5.74) is 6.65. The SMILES string of the molecule is C=C(CO)C(=O)Oc1cc(-c2ccc(-c3ccc(O)cc3)cc2CCCCCC)ccc1-c1ccc(O)cc1. The van der Waals surface area contributed by atoms with Crippen molar-refractivity contribution in [3.05, 3.63) is 103 Å². The number of aryl methyl sites for hydroxylation is 1. The Morgan fingerprint density at radius 1 is 0.718 bits per heavy atom. The van der Waals surface area contributed by atoms with Crippen LogP contribution in [0.5, 0.6) is 17.2 Å². The van der Waals surface area contributed by atoms with Crippen LogP contribution in [0.15, 0.2) is 97.1 Å². The maximum absolute atomic E-state index is 12.6. The van der Waals surface area contributed by atoms with E-state index in [1.807, 2.05) is 30.3 Å². The summed E-state index contributed by atoms with van der Waals surface area (Å²) in [4.78, 5) is 12.6. The summed E-state index contributed by atoms with van der Waals surface area (Å²) in [5.74, 6) is 0.0216. The number of ether oxygens (including phenoxy) is 1.